The third kappa shape index (κ3) is 6.15. The van der Waals surface area contributed by atoms with Gasteiger partial charge in [0.15, 0.2) is 0 Å². The molecule has 0 bridgehead atoms. The molecular formula is C39H39N3O3. The van der Waals surface area contributed by atoms with Crippen LogP contribution in [0.2, 0.25) is 0 Å². The molecule has 3 aliphatic rings. The Balaban J connectivity index is 1.18. The van der Waals surface area contributed by atoms with Gasteiger partial charge in [-0.25, -0.2) is 0 Å². The van der Waals surface area contributed by atoms with Crippen molar-refractivity contribution < 1.29 is 14.4 Å². The van der Waals surface area contributed by atoms with Crippen LogP contribution in [0.25, 0.3) is 0 Å². The third-order valence-electron chi connectivity index (χ3n) is 9.74. The minimum atomic E-state index is -0.286. The number of carbonyl (C=O) groups excluding carboxylic acids is 3. The largest absolute Gasteiger partial charge is 0.345 e. The molecule has 0 heterocycles. The molecule has 6 nitrogen and oxygen atoms in total. The lowest BCUT2D eigenvalue weighted by Gasteiger charge is -2.27. The molecule has 3 aliphatic carbocycles. The van der Waals surface area contributed by atoms with Crippen LogP contribution in [0.3, 0.4) is 0 Å². The number of aryl methyl sites for hydroxylation is 3. The predicted octanol–water partition coefficient (Wildman–Crippen LogP) is 7.11. The average molecular weight is 598 g/mol. The summed E-state index contributed by atoms with van der Waals surface area (Å²) in [5, 5.41) is 9.63. The fourth-order valence-electron chi connectivity index (χ4n) is 7.46. The Morgan fingerprint density at radius 2 is 0.733 bits per heavy atom. The second-order valence-corrected chi connectivity index (χ2v) is 12.7. The van der Waals surface area contributed by atoms with Crippen molar-refractivity contribution in [2.24, 2.45) is 0 Å². The molecule has 0 saturated heterocycles. The van der Waals surface area contributed by atoms with Crippen LogP contribution in [0.4, 0.5) is 0 Å². The summed E-state index contributed by atoms with van der Waals surface area (Å²) in [5.74, 6) is -0.857. The molecule has 4 aromatic rings. The van der Waals surface area contributed by atoms with Gasteiger partial charge in [0.05, 0.1) is 18.1 Å². The number of benzene rings is 4. The molecule has 0 radical (unpaired) electrons. The Hall–Kier alpha value is -4.71. The molecule has 45 heavy (non-hydrogen) atoms. The van der Waals surface area contributed by atoms with Crippen LogP contribution in [0.15, 0.2) is 91.0 Å². The van der Waals surface area contributed by atoms with Gasteiger partial charge in [0.2, 0.25) is 0 Å². The zero-order chi connectivity index (χ0) is 30.8. The molecule has 3 N–H and O–H groups in total. The van der Waals surface area contributed by atoms with Crippen molar-refractivity contribution in [3.63, 3.8) is 0 Å². The maximum absolute atomic E-state index is 13.8. The average Bonchev–Trinajstić information content (AvgIpc) is 3.08. The quantitative estimate of drug-likeness (QED) is 0.221. The first kappa shape index (κ1) is 29.0. The number of fused-ring (bicyclic) bond motifs is 3. The topological polar surface area (TPSA) is 87.3 Å². The first-order chi connectivity index (χ1) is 22.0. The van der Waals surface area contributed by atoms with Crippen LogP contribution >= 0.6 is 0 Å². The number of amides is 3. The summed E-state index contributed by atoms with van der Waals surface area (Å²) in [4.78, 5) is 41.4. The highest BCUT2D eigenvalue weighted by atomic mass is 16.2. The van der Waals surface area contributed by atoms with Crippen LogP contribution in [-0.4, -0.2) is 17.7 Å². The summed E-state index contributed by atoms with van der Waals surface area (Å²) in [6, 6.07) is 29.2. The predicted molar refractivity (Wildman–Crippen MR) is 175 cm³/mol. The summed E-state index contributed by atoms with van der Waals surface area (Å²) in [6.45, 7) is 0. The van der Waals surface area contributed by atoms with Crippen LogP contribution < -0.4 is 16.0 Å². The van der Waals surface area contributed by atoms with Gasteiger partial charge in [-0.2, -0.15) is 0 Å². The molecule has 3 atom stereocenters. The Bertz CT molecular complexity index is 1550. The molecule has 0 aromatic heterocycles. The van der Waals surface area contributed by atoms with E-state index in [-0.39, 0.29) is 35.8 Å². The van der Waals surface area contributed by atoms with Crippen molar-refractivity contribution in [3.05, 3.63) is 141 Å². The van der Waals surface area contributed by atoms with Gasteiger partial charge in [-0.3, -0.25) is 14.4 Å². The van der Waals surface area contributed by atoms with E-state index in [0.29, 0.717) is 16.7 Å². The number of hydrogen-bond donors (Lipinski definition) is 3. The minimum Gasteiger partial charge on any atom is -0.345 e. The first-order valence-electron chi connectivity index (χ1n) is 16.3. The molecule has 0 unspecified atom stereocenters. The van der Waals surface area contributed by atoms with Gasteiger partial charge >= 0.3 is 0 Å². The smallest absolute Gasteiger partial charge is 0.251 e. The van der Waals surface area contributed by atoms with E-state index in [0.717, 1.165) is 74.5 Å². The molecule has 0 aliphatic heterocycles. The second kappa shape index (κ2) is 12.7. The number of nitrogens with one attached hydrogen (secondary N) is 3. The van der Waals surface area contributed by atoms with Gasteiger partial charge in [0.25, 0.3) is 17.7 Å². The standard InChI is InChI=1S/C39H39N3O3/c43-37(40-34-19-7-13-25-10-1-4-16-31(25)34)28-22-29(38(44)41-35-20-8-14-26-11-2-5-17-32(26)35)24-30(23-28)39(45)42-36-21-9-15-27-12-3-6-18-33(27)36/h1-6,10-12,16-18,22-24,34-36H,7-9,13-15,19-21H2,(H,40,43)(H,41,44)(H,42,45)/t34-,35-,36-/m1/s1. The summed E-state index contributed by atoms with van der Waals surface area (Å²) in [6.07, 6.45) is 8.50. The fourth-order valence-corrected chi connectivity index (χ4v) is 7.46. The van der Waals surface area contributed by atoms with Crippen LogP contribution in [-0.2, 0) is 19.3 Å². The van der Waals surface area contributed by atoms with Gasteiger partial charge < -0.3 is 16.0 Å². The van der Waals surface area contributed by atoms with Crippen molar-refractivity contribution in [1.82, 2.24) is 16.0 Å². The van der Waals surface area contributed by atoms with Crippen LogP contribution in [0.5, 0.6) is 0 Å². The van der Waals surface area contributed by atoms with Gasteiger partial charge in [-0.1, -0.05) is 72.8 Å². The lowest BCUT2D eigenvalue weighted by molar-refractivity contribution is 0.0932. The summed E-state index contributed by atoms with van der Waals surface area (Å²) >= 11 is 0. The van der Waals surface area contributed by atoms with Gasteiger partial charge in [-0.05, 0) is 109 Å². The molecule has 6 heteroatoms. The van der Waals surface area contributed by atoms with Gasteiger partial charge in [-0.15, -0.1) is 0 Å². The monoisotopic (exact) mass is 597 g/mol. The molecule has 3 amide bonds. The first-order valence-corrected chi connectivity index (χ1v) is 16.3. The Morgan fingerprint density at radius 1 is 0.444 bits per heavy atom. The number of hydrogen-bond acceptors (Lipinski definition) is 3. The van der Waals surface area contributed by atoms with Gasteiger partial charge in [0.1, 0.15) is 0 Å². The molecule has 0 spiro atoms. The number of carbonyl (C=O) groups is 3. The van der Waals surface area contributed by atoms with E-state index in [9.17, 15) is 14.4 Å². The lowest BCUT2D eigenvalue weighted by Crippen LogP contribution is -2.34. The van der Waals surface area contributed by atoms with E-state index in [1.54, 1.807) is 18.2 Å². The molecule has 228 valence electrons. The molecule has 7 rings (SSSR count). The van der Waals surface area contributed by atoms with E-state index in [2.05, 4.69) is 52.3 Å². The molecule has 0 saturated carbocycles. The third-order valence-corrected chi connectivity index (χ3v) is 9.74. The molecular weight excluding hydrogens is 558 g/mol. The lowest BCUT2D eigenvalue weighted by atomic mass is 9.87. The van der Waals surface area contributed by atoms with Crippen molar-refractivity contribution >= 4 is 17.7 Å². The zero-order valence-electron chi connectivity index (χ0n) is 25.5. The van der Waals surface area contributed by atoms with Crippen molar-refractivity contribution in [2.75, 3.05) is 0 Å². The highest BCUT2D eigenvalue weighted by Crippen LogP contribution is 2.32. The number of rotatable bonds is 6. The molecule has 0 fully saturated rings. The Kier molecular flexibility index (Phi) is 8.21. The van der Waals surface area contributed by atoms with Crippen LogP contribution in [0.1, 0.15) is 121 Å². The Morgan fingerprint density at radius 3 is 1.04 bits per heavy atom. The SMILES string of the molecule is O=C(N[C@@H]1CCCc2ccccc21)c1cc(C(=O)N[C@@H]2CCCc3ccccc32)cc(C(=O)N[C@@H]2CCCc3ccccc32)c1. The second-order valence-electron chi connectivity index (χ2n) is 12.7. The van der Waals surface area contributed by atoms with Crippen molar-refractivity contribution in [1.29, 1.82) is 0 Å². The van der Waals surface area contributed by atoms with Crippen molar-refractivity contribution in [3.8, 4) is 0 Å². The maximum atomic E-state index is 13.8. The van der Waals surface area contributed by atoms with Crippen molar-refractivity contribution in [2.45, 2.75) is 75.9 Å². The Labute approximate surface area is 264 Å². The van der Waals surface area contributed by atoms with E-state index >= 15 is 0 Å². The minimum absolute atomic E-state index is 0.116. The zero-order valence-corrected chi connectivity index (χ0v) is 25.5. The summed E-state index contributed by atoms with van der Waals surface area (Å²) < 4.78 is 0. The highest BCUT2D eigenvalue weighted by molar-refractivity contribution is 6.04. The highest BCUT2D eigenvalue weighted by Gasteiger charge is 2.27. The van der Waals surface area contributed by atoms with Crippen LogP contribution in [0, 0.1) is 0 Å². The maximum Gasteiger partial charge on any atom is 0.251 e. The summed E-state index contributed by atoms with van der Waals surface area (Å²) in [7, 11) is 0. The van der Waals surface area contributed by atoms with Gasteiger partial charge in [0, 0.05) is 16.7 Å². The normalized spacial score (nSPS) is 20.1. The fraction of sp³-hybridized carbons (Fsp3) is 0.308. The van der Waals surface area contributed by atoms with E-state index in [1.165, 1.54) is 16.7 Å². The molecule has 4 aromatic carbocycles. The van der Waals surface area contributed by atoms with E-state index < -0.39 is 0 Å². The summed E-state index contributed by atoms with van der Waals surface area (Å²) in [5.41, 5.74) is 8.09. The van der Waals surface area contributed by atoms with E-state index in [4.69, 9.17) is 0 Å². The van der Waals surface area contributed by atoms with E-state index in [1.807, 2.05) is 36.4 Å².